The fourth-order valence-corrected chi connectivity index (χ4v) is 1.40. The Morgan fingerprint density at radius 2 is 2.00 bits per heavy atom. The van der Waals surface area contributed by atoms with Crippen LogP contribution in [0, 0.1) is 19.3 Å². The van der Waals surface area contributed by atoms with Gasteiger partial charge in [-0.1, -0.05) is 19.9 Å². The number of hydrogen-bond acceptors (Lipinski definition) is 3. The van der Waals surface area contributed by atoms with Gasteiger partial charge in [0.15, 0.2) is 6.61 Å². The number of amides is 1. The van der Waals surface area contributed by atoms with Crippen LogP contribution in [0.1, 0.15) is 25.0 Å². The average Bonchev–Trinajstić information content (AvgIpc) is 2.38. The Hall–Kier alpha value is -1.55. The molecule has 0 bridgehead atoms. The predicted molar refractivity (Wildman–Crippen MR) is 75.3 cm³/mol. The molecule has 0 fully saturated rings. The molecule has 0 atom stereocenters. The molecule has 1 aromatic carbocycles. The molecule has 19 heavy (non-hydrogen) atoms. The molecule has 0 spiro atoms. The summed E-state index contributed by atoms with van der Waals surface area (Å²) in [4.78, 5) is 11.6. The maximum Gasteiger partial charge on any atom is 0.257 e. The van der Waals surface area contributed by atoms with E-state index in [0.717, 1.165) is 5.56 Å². The lowest BCUT2D eigenvalue weighted by molar-refractivity contribution is -0.123. The Bertz CT molecular complexity index is 441. The first-order valence-corrected chi connectivity index (χ1v) is 6.42. The van der Waals surface area contributed by atoms with Crippen molar-refractivity contribution in [3.05, 3.63) is 29.3 Å². The van der Waals surface area contributed by atoms with Crippen molar-refractivity contribution in [3.63, 3.8) is 0 Å². The second-order valence-corrected chi connectivity index (χ2v) is 5.63. The minimum atomic E-state index is -0.309. The van der Waals surface area contributed by atoms with Gasteiger partial charge in [-0.15, -0.1) is 0 Å². The summed E-state index contributed by atoms with van der Waals surface area (Å²) in [6, 6.07) is 5.74. The van der Waals surface area contributed by atoms with Crippen LogP contribution in [0.5, 0.6) is 5.75 Å². The maximum atomic E-state index is 11.6. The molecule has 0 saturated heterocycles. The standard InChI is InChI=1S/C15H23NO3/c1-11-5-6-13(7-12(11)2)19-8-14(18)16-9-15(3,4)10-17/h5-7,17H,8-10H2,1-4H3,(H,16,18). The molecule has 0 heterocycles. The van der Waals surface area contributed by atoms with E-state index >= 15 is 0 Å². The molecule has 0 aliphatic carbocycles. The number of nitrogens with one attached hydrogen (secondary N) is 1. The summed E-state index contributed by atoms with van der Waals surface area (Å²) in [5, 5.41) is 11.8. The van der Waals surface area contributed by atoms with E-state index in [9.17, 15) is 4.79 Å². The number of carbonyl (C=O) groups is 1. The third-order valence-electron chi connectivity index (χ3n) is 3.04. The topological polar surface area (TPSA) is 58.6 Å². The van der Waals surface area contributed by atoms with Crippen LogP contribution in [0.3, 0.4) is 0 Å². The Morgan fingerprint density at radius 1 is 1.32 bits per heavy atom. The van der Waals surface area contributed by atoms with E-state index < -0.39 is 0 Å². The fourth-order valence-electron chi connectivity index (χ4n) is 1.40. The van der Waals surface area contributed by atoms with Crippen LogP contribution in [0.15, 0.2) is 18.2 Å². The third kappa shape index (κ3) is 5.30. The van der Waals surface area contributed by atoms with Gasteiger partial charge in [-0.2, -0.15) is 0 Å². The number of benzene rings is 1. The highest BCUT2D eigenvalue weighted by Crippen LogP contribution is 2.16. The fraction of sp³-hybridized carbons (Fsp3) is 0.533. The minimum absolute atomic E-state index is 0.00991. The lowest BCUT2D eigenvalue weighted by Gasteiger charge is -2.21. The maximum absolute atomic E-state index is 11.6. The second kappa shape index (κ2) is 6.57. The van der Waals surface area contributed by atoms with E-state index in [1.165, 1.54) is 5.56 Å². The van der Waals surface area contributed by atoms with Crippen LogP contribution in [0.25, 0.3) is 0 Å². The summed E-state index contributed by atoms with van der Waals surface area (Å²) >= 11 is 0. The van der Waals surface area contributed by atoms with Gasteiger partial charge in [0.1, 0.15) is 5.75 Å². The molecule has 0 unspecified atom stereocenters. The third-order valence-corrected chi connectivity index (χ3v) is 3.04. The number of carbonyl (C=O) groups excluding carboxylic acids is 1. The van der Waals surface area contributed by atoms with Crippen molar-refractivity contribution in [1.29, 1.82) is 0 Å². The van der Waals surface area contributed by atoms with Gasteiger partial charge < -0.3 is 15.2 Å². The zero-order chi connectivity index (χ0) is 14.5. The van der Waals surface area contributed by atoms with Crippen LogP contribution in [0.2, 0.25) is 0 Å². The van der Waals surface area contributed by atoms with Crippen molar-refractivity contribution in [1.82, 2.24) is 5.32 Å². The molecular formula is C15H23NO3. The largest absolute Gasteiger partial charge is 0.484 e. The number of aryl methyl sites for hydroxylation is 2. The summed E-state index contributed by atoms with van der Waals surface area (Å²) in [6.07, 6.45) is 0. The first-order valence-electron chi connectivity index (χ1n) is 6.42. The van der Waals surface area contributed by atoms with Crippen molar-refractivity contribution < 1.29 is 14.6 Å². The highest BCUT2D eigenvalue weighted by Gasteiger charge is 2.17. The van der Waals surface area contributed by atoms with Crippen LogP contribution < -0.4 is 10.1 Å². The molecule has 1 rings (SSSR count). The summed E-state index contributed by atoms with van der Waals surface area (Å²) < 4.78 is 5.43. The molecule has 0 radical (unpaired) electrons. The van der Waals surface area contributed by atoms with Crippen molar-refractivity contribution >= 4 is 5.91 Å². The monoisotopic (exact) mass is 265 g/mol. The van der Waals surface area contributed by atoms with Crippen LogP contribution in [-0.2, 0) is 4.79 Å². The molecule has 0 aromatic heterocycles. The van der Waals surface area contributed by atoms with Gasteiger partial charge in [-0.3, -0.25) is 4.79 Å². The van der Waals surface area contributed by atoms with Gasteiger partial charge in [-0.05, 0) is 37.1 Å². The van der Waals surface area contributed by atoms with Gasteiger partial charge in [0.05, 0.1) is 0 Å². The minimum Gasteiger partial charge on any atom is -0.484 e. The first-order chi connectivity index (χ1) is 8.84. The van der Waals surface area contributed by atoms with Gasteiger partial charge in [-0.25, -0.2) is 0 Å². The number of rotatable bonds is 6. The number of aliphatic hydroxyl groups excluding tert-OH is 1. The normalized spacial score (nSPS) is 11.2. The summed E-state index contributed by atoms with van der Waals surface area (Å²) in [5.74, 6) is 0.513. The van der Waals surface area contributed by atoms with Crippen molar-refractivity contribution in [3.8, 4) is 5.75 Å². The quantitative estimate of drug-likeness (QED) is 0.825. The van der Waals surface area contributed by atoms with E-state index in [1.807, 2.05) is 45.9 Å². The Balaban J connectivity index is 2.40. The Morgan fingerprint density at radius 3 is 2.58 bits per heavy atom. The van der Waals surface area contributed by atoms with Crippen LogP contribution in [0.4, 0.5) is 0 Å². The molecule has 2 N–H and O–H groups in total. The van der Waals surface area contributed by atoms with Crippen molar-refractivity contribution in [2.24, 2.45) is 5.41 Å². The van der Waals surface area contributed by atoms with E-state index in [0.29, 0.717) is 12.3 Å². The van der Waals surface area contributed by atoms with Gasteiger partial charge in [0.25, 0.3) is 5.91 Å². The predicted octanol–water partition coefficient (Wildman–Crippen LogP) is 1.82. The molecule has 106 valence electrons. The Kier molecular flexibility index (Phi) is 5.36. The van der Waals surface area contributed by atoms with Crippen molar-refractivity contribution in [2.75, 3.05) is 19.8 Å². The molecule has 1 amide bonds. The summed E-state index contributed by atoms with van der Waals surface area (Å²) in [5.41, 5.74) is 2.02. The highest BCUT2D eigenvalue weighted by atomic mass is 16.5. The summed E-state index contributed by atoms with van der Waals surface area (Å²) in [7, 11) is 0. The zero-order valence-corrected chi connectivity index (χ0v) is 12.1. The van der Waals surface area contributed by atoms with E-state index in [2.05, 4.69) is 5.32 Å². The van der Waals surface area contributed by atoms with Crippen LogP contribution >= 0.6 is 0 Å². The van der Waals surface area contributed by atoms with E-state index in [-0.39, 0.29) is 24.5 Å². The SMILES string of the molecule is Cc1ccc(OCC(=O)NCC(C)(C)CO)cc1C. The number of aliphatic hydroxyl groups is 1. The summed E-state index contributed by atoms with van der Waals surface area (Å²) in [6.45, 7) is 8.26. The molecule has 4 nitrogen and oxygen atoms in total. The van der Waals surface area contributed by atoms with E-state index in [4.69, 9.17) is 9.84 Å². The molecule has 0 aliphatic rings. The molecule has 1 aromatic rings. The first kappa shape index (κ1) is 15.5. The van der Waals surface area contributed by atoms with Crippen molar-refractivity contribution in [2.45, 2.75) is 27.7 Å². The highest BCUT2D eigenvalue weighted by molar-refractivity contribution is 5.77. The molecule has 4 heteroatoms. The number of hydrogen-bond donors (Lipinski definition) is 2. The molecule has 0 saturated carbocycles. The van der Waals surface area contributed by atoms with Gasteiger partial charge >= 0.3 is 0 Å². The zero-order valence-electron chi connectivity index (χ0n) is 12.1. The van der Waals surface area contributed by atoms with E-state index in [1.54, 1.807) is 0 Å². The average molecular weight is 265 g/mol. The van der Waals surface area contributed by atoms with Gasteiger partial charge in [0, 0.05) is 18.6 Å². The van der Waals surface area contributed by atoms with Gasteiger partial charge in [0.2, 0.25) is 0 Å². The number of ether oxygens (including phenoxy) is 1. The molecular weight excluding hydrogens is 242 g/mol. The van der Waals surface area contributed by atoms with Crippen LogP contribution in [-0.4, -0.2) is 30.8 Å². The second-order valence-electron chi connectivity index (χ2n) is 5.63. The molecule has 0 aliphatic heterocycles. The lowest BCUT2D eigenvalue weighted by atomic mass is 9.95. The smallest absolute Gasteiger partial charge is 0.257 e. The Labute approximate surface area is 114 Å². The lowest BCUT2D eigenvalue weighted by Crippen LogP contribution is -2.38.